The molecular formula is C28H17ClS. The van der Waals surface area contributed by atoms with Crippen LogP contribution in [0.15, 0.2) is 103 Å². The zero-order chi connectivity index (χ0) is 20.1. The van der Waals surface area contributed by atoms with Crippen molar-refractivity contribution in [3.05, 3.63) is 108 Å². The van der Waals surface area contributed by atoms with Gasteiger partial charge in [0.15, 0.2) is 0 Å². The molecule has 5 aromatic carbocycles. The van der Waals surface area contributed by atoms with Crippen LogP contribution >= 0.6 is 22.9 Å². The molecule has 6 aromatic rings. The summed E-state index contributed by atoms with van der Waals surface area (Å²) in [6.07, 6.45) is 0. The number of thiophene rings is 1. The Balaban J connectivity index is 1.71. The van der Waals surface area contributed by atoms with Crippen molar-refractivity contribution in [2.45, 2.75) is 0 Å². The van der Waals surface area contributed by atoms with Crippen LogP contribution in [0.3, 0.4) is 0 Å². The molecule has 1 aromatic heterocycles. The highest BCUT2D eigenvalue weighted by molar-refractivity contribution is 7.26. The van der Waals surface area contributed by atoms with E-state index in [1.807, 2.05) is 23.5 Å². The molecular weight excluding hydrogens is 404 g/mol. The molecule has 0 aliphatic carbocycles. The number of fused-ring (bicyclic) bond motifs is 4. The minimum absolute atomic E-state index is 0.759. The number of halogens is 1. The maximum absolute atomic E-state index is 6.15. The van der Waals surface area contributed by atoms with Gasteiger partial charge in [-0.15, -0.1) is 11.3 Å². The molecule has 0 radical (unpaired) electrons. The van der Waals surface area contributed by atoms with Crippen molar-refractivity contribution in [3.63, 3.8) is 0 Å². The number of hydrogen-bond acceptors (Lipinski definition) is 1. The van der Waals surface area contributed by atoms with Gasteiger partial charge in [-0.25, -0.2) is 0 Å². The molecule has 30 heavy (non-hydrogen) atoms. The van der Waals surface area contributed by atoms with E-state index in [0.717, 1.165) is 5.02 Å². The highest BCUT2D eigenvalue weighted by Gasteiger charge is 2.14. The van der Waals surface area contributed by atoms with Crippen molar-refractivity contribution in [1.82, 2.24) is 0 Å². The SMILES string of the molecule is Clc1ccc(-c2cccc3cccc(-c4cccc5c4sc4ccccc45)c23)cc1. The van der Waals surface area contributed by atoms with E-state index >= 15 is 0 Å². The van der Waals surface area contributed by atoms with Gasteiger partial charge in [-0.2, -0.15) is 0 Å². The summed E-state index contributed by atoms with van der Waals surface area (Å²) >= 11 is 8.03. The van der Waals surface area contributed by atoms with Crippen molar-refractivity contribution in [3.8, 4) is 22.3 Å². The fraction of sp³-hybridized carbons (Fsp3) is 0. The molecule has 0 spiro atoms. The van der Waals surface area contributed by atoms with Crippen LogP contribution in [0, 0.1) is 0 Å². The number of benzene rings is 5. The lowest BCUT2D eigenvalue weighted by atomic mass is 9.91. The van der Waals surface area contributed by atoms with E-state index in [2.05, 4.69) is 91.0 Å². The van der Waals surface area contributed by atoms with Gasteiger partial charge < -0.3 is 0 Å². The maximum atomic E-state index is 6.15. The summed E-state index contributed by atoms with van der Waals surface area (Å²) in [6, 6.07) is 36.6. The van der Waals surface area contributed by atoms with Crippen molar-refractivity contribution in [2.75, 3.05) is 0 Å². The summed E-state index contributed by atoms with van der Waals surface area (Å²) in [7, 11) is 0. The minimum Gasteiger partial charge on any atom is -0.135 e. The average molecular weight is 421 g/mol. The first kappa shape index (κ1) is 17.7. The maximum Gasteiger partial charge on any atom is 0.0434 e. The average Bonchev–Trinajstić information content (AvgIpc) is 3.18. The molecule has 0 saturated carbocycles. The normalized spacial score (nSPS) is 11.5. The van der Waals surface area contributed by atoms with Crippen LogP contribution < -0.4 is 0 Å². The van der Waals surface area contributed by atoms with Crippen LogP contribution in [-0.4, -0.2) is 0 Å². The molecule has 0 N–H and O–H groups in total. The van der Waals surface area contributed by atoms with Crippen molar-refractivity contribution >= 4 is 53.9 Å². The Labute approximate surface area is 184 Å². The molecule has 0 bridgehead atoms. The Morgan fingerprint density at radius 2 is 1.20 bits per heavy atom. The monoisotopic (exact) mass is 420 g/mol. The summed E-state index contributed by atoms with van der Waals surface area (Å²) < 4.78 is 2.68. The summed E-state index contributed by atoms with van der Waals surface area (Å²) in [5.41, 5.74) is 4.98. The quantitative estimate of drug-likeness (QED) is 0.262. The highest BCUT2D eigenvalue weighted by Crippen LogP contribution is 2.43. The van der Waals surface area contributed by atoms with E-state index in [1.165, 1.54) is 53.2 Å². The zero-order valence-electron chi connectivity index (χ0n) is 16.1. The molecule has 0 aliphatic heterocycles. The Morgan fingerprint density at radius 1 is 0.533 bits per heavy atom. The second-order valence-electron chi connectivity index (χ2n) is 7.50. The van der Waals surface area contributed by atoms with Crippen LogP contribution in [0.1, 0.15) is 0 Å². The van der Waals surface area contributed by atoms with E-state index in [4.69, 9.17) is 11.6 Å². The lowest BCUT2D eigenvalue weighted by Gasteiger charge is -2.13. The summed E-state index contributed by atoms with van der Waals surface area (Å²) in [6.45, 7) is 0. The molecule has 2 heteroatoms. The van der Waals surface area contributed by atoms with Crippen LogP contribution in [0.4, 0.5) is 0 Å². The Morgan fingerprint density at radius 3 is 2.03 bits per heavy atom. The number of hydrogen-bond donors (Lipinski definition) is 0. The van der Waals surface area contributed by atoms with Crippen LogP contribution in [0.2, 0.25) is 5.02 Å². The highest BCUT2D eigenvalue weighted by atomic mass is 35.5. The fourth-order valence-corrected chi connectivity index (χ4v) is 5.75. The summed E-state index contributed by atoms with van der Waals surface area (Å²) in [5.74, 6) is 0. The van der Waals surface area contributed by atoms with Gasteiger partial charge in [-0.1, -0.05) is 96.5 Å². The molecule has 0 unspecified atom stereocenters. The van der Waals surface area contributed by atoms with Gasteiger partial charge >= 0.3 is 0 Å². The first-order valence-electron chi connectivity index (χ1n) is 9.98. The first-order valence-corrected chi connectivity index (χ1v) is 11.2. The molecule has 0 atom stereocenters. The van der Waals surface area contributed by atoms with Gasteiger partial charge in [-0.3, -0.25) is 0 Å². The van der Waals surface area contributed by atoms with Crippen molar-refractivity contribution in [2.24, 2.45) is 0 Å². The molecule has 142 valence electrons. The Hall–Kier alpha value is -3.13. The largest absolute Gasteiger partial charge is 0.135 e. The lowest BCUT2D eigenvalue weighted by Crippen LogP contribution is -1.86. The van der Waals surface area contributed by atoms with Gasteiger partial charge in [-0.05, 0) is 45.7 Å². The van der Waals surface area contributed by atoms with Crippen LogP contribution in [0.25, 0.3) is 53.2 Å². The standard InChI is InChI=1S/C28H17ClS/c29-20-16-14-18(15-17-20)21-9-3-6-19-7-4-10-23(27(19)21)25-12-5-11-24-22-8-1-2-13-26(22)30-28(24)25/h1-17H. The minimum atomic E-state index is 0.759. The second kappa shape index (κ2) is 6.98. The zero-order valence-corrected chi connectivity index (χ0v) is 17.7. The number of rotatable bonds is 2. The second-order valence-corrected chi connectivity index (χ2v) is 8.99. The third-order valence-electron chi connectivity index (χ3n) is 5.75. The van der Waals surface area contributed by atoms with E-state index < -0.39 is 0 Å². The van der Waals surface area contributed by atoms with Gasteiger partial charge in [0, 0.05) is 30.8 Å². The first-order chi connectivity index (χ1) is 14.8. The van der Waals surface area contributed by atoms with Crippen LogP contribution in [-0.2, 0) is 0 Å². The third-order valence-corrected chi connectivity index (χ3v) is 7.23. The molecule has 6 rings (SSSR count). The van der Waals surface area contributed by atoms with E-state index in [0.29, 0.717) is 0 Å². The Bertz CT molecular complexity index is 1540. The molecule has 0 nitrogen and oxygen atoms in total. The predicted molar refractivity (Wildman–Crippen MR) is 133 cm³/mol. The van der Waals surface area contributed by atoms with Crippen molar-refractivity contribution < 1.29 is 0 Å². The van der Waals surface area contributed by atoms with Gasteiger partial charge in [0.2, 0.25) is 0 Å². The Kier molecular flexibility index (Phi) is 4.12. The molecule has 0 fully saturated rings. The lowest BCUT2D eigenvalue weighted by molar-refractivity contribution is 1.64. The summed E-state index contributed by atoms with van der Waals surface area (Å²) in [4.78, 5) is 0. The third kappa shape index (κ3) is 2.74. The molecule has 0 aliphatic rings. The summed E-state index contributed by atoms with van der Waals surface area (Å²) in [5, 5.41) is 5.95. The smallest absolute Gasteiger partial charge is 0.0434 e. The van der Waals surface area contributed by atoms with Gasteiger partial charge in [0.1, 0.15) is 0 Å². The van der Waals surface area contributed by atoms with Crippen LogP contribution in [0.5, 0.6) is 0 Å². The van der Waals surface area contributed by atoms with E-state index in [9.17, 15) is 0 Å². The van der Waals surface area contributed by atoms with E-state index in [1.54, 1.807) is 0 Å². The van der Waals surface area contributed by atoms with E-state index in [-0.39, 0.29) is 0 Å². The van der Waals surface area contributed by atoms with Gasteiger partial charge in [0.25, 0.3) is 0 Å². The molecule has 0 saturated heterocycles. The van der Waals surface area contributed by atoms with Gasteiger partial charge in [0.05, 0.1) is 0 Å². The fourth-order valence-electron chi connectivity index (χ4n) is 4.39. The predicted octanol–water partition coefficient (Wildman–Crippen LogP) is 9.20. The topological polar surface area (TPSA) is 0 Å². The van der Waals surface area contributed by atoms with Crippen molar-refractivity contribution in [1.29, 1.82) is 0 Å². The molecule has 0 amide bonds. The molecule has 1 heterocycles.